The van der Waals surface area contributed by atoms with E-state index in [1.54, 1.807) is 6.07 Å². The molecule has 1 heterocycles. The molecule has 0 amide bonds. The number of aryl methyl sites for hydroxylation is 1. The van der Waals surface area contributed by atoms with Crippen molar-refractivity contribution in [2.45, 2.75) is 45.2 Å². The molecule has 4 nitrogen and oxygen atoms in total. The number of carboxylic acids is 1. The number of phenols is 1. The van der Waals surface area contributed by atoms with Gasteiger partial charge in [0.2, 0.25) is 0 Å². The normalized spacial score (nSPS) is 21.0. The first-order valence-electron chi connectivity index (χ1n) is 6.83. The molecule has 104 valence electrons. The second-order valence-corrected chi connectivity index (χ2v) is 5.31. The molecule has 0 saturated carbocycles. The Kier molecular flexibility index (Phi) is 4.43. The van der Waals surface area contributed by atoms with Gasteiger partial charge in [0.05, 0.1) is 0 Å². The van der Waals surface area contributed by atoms with Gasteiger partial charge in [0, 0.05) is 12.1 Å². The molecule has 1 aromatic rings. The molecular formula is C15H21NO3. The Bertz CT molecular complexity index is 459. The van der Waals surface area contributed by atoms with Crippen LogP contribution >= 0.6 is 0 Å². The van der Waals surface area contributed by atoms with Crippen molar-refractivity contribution in [1.82, 2.24) is 4.90 Å². The number of benzene rings is 1. The van der Waals surface area contributed by atoms with Gasteiger partial charge in [-0.25, -0.2) is 0 Å². The molecule has 0 aromatic heterocycles. The highest BCUT2D eigenvalue weighted by Gasteiger charge is 2.27. The van der Waals surface area contributed by atoms with Gasteiger partial charge in [0.25, 0.3) is 0 Å². The van der Waals surface area contributed by atoms with Crippen LogP contribution in [0, 0.1) is 6.92 Å². The molecule has 1 atom stereocenters. The third kappa shape index (κ3) is 3.47. The molecule has 1 fully saturated rings. The second kappa shape index (κ2) is 6.06. The summed E-state index contributed by atoms with van der Waals surface area (Å²) < 4.78 is 0. The van der Waals surface area contributed by atoms with E-state index in [0.29, 0.717) is 13.0 Å². The van der Waals surface area contributed by atoms with E-state index in [1.807, 2.05) is 24.0 Å². The SMILES string of the molecule is Cc1ccc(O)c(CN2CCCCCC2C(=O)O)c1. The molecule has 1 aromatic carbocycles. The van der Waals surface area contributed by atoms with Crippen LogP contribution in [0.3, 0.4) is 0 Å². The first-order chi connectivity index (χ1) is 9.08. The highest BCUT2D eigenvalue weighted by atomic mass is 16.4. The third-order valence-corrected chi connectivity index (χ3v) is 3.76. The monoisotopic (exact) mass is 263 g/mol. The number of phenolic OH excluding ortho intramolecular Hbond substituents is 1. The number of hydrogen-bond donors (Lipinski definition) is 2. The van der Waals surface area contributed by atoms with E-state index >= 15 is 0 Å². The van der Waals surface area contributed by atoms with Gasteiger partial charge >= 0.3 is 5.97 Å². The Morgan fingerprint density at radius 1 is 1.37 bits per heavy atom. The fourth-order valence-corrected chi connectivity index (χ4v) is 2.70. The molecule has 2 rings (SSSR count). The zero-order chi connectivity index (χ0) is 13.8. The number of hydrogen-bond acceptors (Lipinski definition) is 3. The highest BCUT2D eigenvalue weighted by Crippen LogP contribution is 2.24. The predicted molar refractivity (Wildman–Crippen MR) is 73.1 cm³/mol. The molecule has 0 aliphatic carbocycles. The summed E-state index contributed by atoms with van der Waals surface area (Å²) in [5.41, 5.74) is 1.89. The van der Waals surface area contributed by atoms with E-state index in [2.05, 4.69) is 0 Å². The summed E-state index contributed by atoms with van der Waals surface area (Å²) in [5.74, 6) is -0.506. The van der Waals surface area contributed by atoms with Crippen molar-refractivity contribution in [3.63, 3.8) is 0 Å². The van der Waals surface area contributed by atoms with Crippen LogP contribution < -0.4 is 0 Å². The van der Waals surface area contributed by atoms with Crippen LogP contribution in [0.2, 0.25) is 0 Å². The van der Waals surface area contributed by atoms with Gasteiger partial charge in [0.15, 0.2) is 0 Å². The highest BCUT2D eigenvalue weighted by molar-refractivity contribution is 5.73. The predicted octanol–water partition coefficient (Wildman–Crippen LogP) is 2.53. The molecule has 1 aliphatic rings. The average molecular weight is 263 g/mol. The second-order valence-electron chi connectivity index (χ2n) is 5.31. The fourth-order valence-electron chi connectivity index (χ4n) is 2.70. The van der Waals surface area contributed by atoms with Crippen LogP contribution in [-0.4, -0.2) is 33.7 Å². The van der Waals surface area contributed by atoms with E-state index < -0.39 is 12.0 Å². The fraction of sp³-hybridized carbons (Fsp3) is 0.533. The molecule has 1 saturated heterocycles. The average Bonchev–Trinajstić information content (AvgIpc) is 2.59. The maximum atomic E-state index is 11.4. The van der Waals surface area contributed by atoms with Gasteiger partial charge in [-0.1, -0.05) is 30.5 Å². The van der Waals surface area contributed by atoms with Crippen molar-refractivity contribution in [2.75, 3.05) is 6.54 Å². The van der Waals surface area contributed by atoms with Gasteiger partial charge in [-0.3, -0.25) is 9.69 Å². The quantitative estimate of drug-likeness (QED) is 0.879. The van der Waals surface area contributed by atoms with Gasteiger partial charge in [-0.05, 0) is 32.4 Å². The lowest BCUT2D eigenvalue weighted by molar-refractivity contribution is -0.143. The lowest BCUT2D eigenvalue weighted by Gasteiger charge is -2.27. The summed E-state index contributed by atoms with van der Waals surface area (Å²) in [6.07, 6.45) is 3.77. The molecule has 4 heteroatoms. The number of aromatic hydroxyl groups is 1. The van der Waals surface area contributed by atoms with Gasteiger partial charge < -0.3 is 10.2 Å². The standard InChI is InChI=1S/C15H21NO3/c1-11-6-7-14(17)12(9-11)10-16-8-4-2-3-5-13(16)15(18)19/h6-7,9,13,17H,2-5,8,10H2,1H3,(H,18,19). The lowest BCUT2D eigenvalue weighted by atomic mass is 10.1. The minimum absolute atomic E-state index is 0.249. The van der Waals surface area contributed by atoms with Gasteiger partial charge in [0.1, 0.15) is 11.8 Å². The van der Waals surface area contributed by atoms with Crippen LogP contribution in [-0.2, 0) is 11.3 Å². The number of carbonyl (C=O) groups is 1. The van der Waals surface area contributed by atoms with Crippen molar-refractivity contribution in [3.05, 3.63) is 29.3 Å². The van der Waals surface area contributed by atoms with Gasteiger partial charge in [-0.15, -0.1) is 0 Å². The number of nitrogens with zero attached hydrogens (tertiary/aromatic N) is 1. The lowest BCUT2D eigenvalue weighted by Crippen LogP contribution is -2.40. The summed E-state index contributed by atoms with van der Waals surface area (Å²) in [6.45, 7) is 3.26. The molecule has 19 heavy (non-hydrogen) atoms. The maximum absolute atomic E-state index is 11.4. The Labute approximate surface area is 113 Å². The Hall–Kier alpha value is -1.55. The topological polar surface area (TPSA) is 60.8 Å². The van der Waals surface area contributed by atoms with E-state index in [0.717, 1.165) is 36.9 Å². The van der Waals surface area contributed by atoms with Crippen LogP contribution in [0.1, 0.15) is 36.8 Å². The summed E-state index contributed by atoms with van der Waals surface area (Å²) >= 11 is 0. The van der Waals surface area contributed by atoms with Crippen molar-refractivity contribution < 1.29 is 15.0 Å². The van der Waals surface area contributed by atoms with E-state index in [1.165, 1.54) is 0 Å². The molecule has 0 radical (unpaired) electrons. The van der Waals surface area contributed by atoms with E-state index in [9.17, 15) is 15.0 Å². The van der Waals surface area contributed by atoms with Crippen molar-refractivity contribution in [1.29, 1.82) is 0 Å². The summed E-state index contributed by atoms with van der Waals surface area (Å²) in [5, 5.41) is 19.2. The Morgan fingerprint density at radius 3 is 2.89 bits per heavy atom. The molecule has 2 N–H and O–H groups in total. The molecule has 0 spiro atoms. The number of carboxylic acid groups (broad SMARTS) is 1. The van der Waals surface area contributed by atoms with Crippen LogP contribution in [0.25, 0.3) is 0 Å². The Morgan fingerprint density at radius 2 is 2.16 bits per heavy atom. The first kappa shape index (κ1) is 13.9. The first-order valence-corrected chi connectivity index (χ1v) is 6.83. The minimum atomic E-state index is -0.756. The zero-order valence-corrected chi connectivity index (χ0v) is 11.3. The van der Waals surface area contributed by atoms with Crippen LogP contribution in [0.4, 0.5) is 0 Å². The zero-order valence-electron chi connectivity index (χ0n) is 11.3. The maximum Gasteiger partial charge on any atom is 0.320 e. The van der Waals surface area contributed by atoms with Crippen molar-refractivity contribution in [2.24, 2.45) is 0 Å². The largest absolute Gasteiger partial charge is 0.508 e. The van der Waals surface area contributed by atoms with E-state index in [-0.39, 0.29) is 5.75 Å². The third-order valence-electron chi connectivity index (χ3n) is 3.76. The van der Waals surface area contributed by atoms with Crippen LogP contribution in [0.15, 0.2) is 18.2 Å². The minimum Gasteiger partial charge on any atom is -0.508 e. The summed E-state index contributed by atoms with van der Waals surface area (Å²) in [4.78, 5) is 13.3. The van der Waals surface area contributed by atoms with E-state index in [4.69, 9.17) is 0 Å². The Balaban J connectivity index is 2.18. The van der Waals surface area contributed by atoms with Crippen molar-refractivity contribution >= 4 is 5.97 Å². The number of rotatable bonds is 3. The molecule has 1 unspecified atom stereocenters. The summed E-state index contributed by atoms with van der Waals surface area (Å²) in [7, 11) is 0. The number of aliphatic carboxylic acids is 1. The van der Waals surface area contributed by atoms with Crippen molar-refractivity contribution in [3.8, 4) is 5.75 Å². The van der Waals surface area contributed by atoms with Crippen LogP contribution in [0.5, 0.6) is 5.75 Å². The smallest absolute Gasteiger partial charge is 0.320 e. The molecular weight excluding hydrogens is 242 g/mol. The summed E-state index contributed by atoms with van der Waals surface area (Å²) in [6, 6.07) is 5.04. The molecule has 0 bridgehead atoms. The molecule has 1 aliphatic heterocycles. The number of likely N-dealkylation sites (tertiary alicyclic amines) is 1. The van der Waals surface area contributed by atoms with Gasteiger partial charge in [-0.2, -0.15) is 0 Å².